The molecule has 76 valence electrons. The minimum atomic E-state index is 0.376. The van der Waals surface area contributed by atoms with Crippen LogP contribution >= 0.6 is 0 Å². The van der Waals surface area contributed by atoms with E-state index in [1.807, 2.05) is 12.1 Å². The van der Waals surface area contributed by atoms with Crippen molar-refractivity contribution in [2.75, 3.05) is 0 Å². The van der Waals surface area contributed by atoms with Gasteiger partial charge in [0.15, 0.2) is 0 Å². The van der Waals surface area contributed by atoms with Crippen LogP contribution in [-0.2, 0) is 6.42 Å². The van der Waals surface area contributed by atoms with Crippen LogP contribution in [0.15, 0.2) is 18.2 Å². The van der Waals surface area contributed by atoms with Crippen LogP contribution in [0.3, 0.4) is 0 Å². The minimum Gasteiger partial charge on any atom is -0.508 e. The second-order valence-corrected chi connectivity index (χ2v) is 4.30. The zero-order valence-corrected chi connectivity index (χ0v) is 8.75. The highest BCUT2D eigenvalue weighted by atomic mass is 16.3. The van der Waals surface area contributed by atoms with Crippen molar-refractivity contribution >= 4 is 0 Å². The highest BCUT2D eigenvalue weighted by Gasteiger charge is 2.22. The third-order valence-electron chi connectivity index (χ3n) is 2.74. The Morgan fingerprint density at radius 3 is 2.93 bits per heavy atom. The molecule has 2 nitrogen and oxygen atoms in total. The van der Waals surface area contributed by atoms with Crippen LogP contribution in [0.4, 0.5) is 0 Å². The van der Waals surface area contributed by atoms with Gasteiger partial charge in [-0.3, -0.25) is 0 Å². The molecule has 14 heavy (non-hydrogen) atoms. The van der Waals surface area contributed by atoms with Gasteiger partial charge in [0, 0.05) is 12.1 Å². The second kappa shape index (κ2) is 3.62. The van der Waals surface area contributed by atoms with Crippen molar-refractivity contribution in [2.24, 2.45) is 0 Å². The number of rotatable bonds is 2. The van der Waals surface area contributed by atoms with Crippen molar-refractivity contribution < 1.29 is 5.11 Å². The third kappa shape index (κ3) is 1.75. The first-order valence-corrected chi connectivity index (χ1v) is 5.24. The zero-order valence-electron chi connectivity index (χ0n) is 8.75. The Morgan fingerprint density at radius 2 is 2.21 bits per heavy atom. The fraction of sp³-hybridized carbons (Fsp3) is 0.500. The third-order valence-corrected chi connectivity index (χ3v) is 2.74. The number of fused-ring (bicyclic) bond motifs is 1. The van der Waals surface area contributed by atoms with Gasteiger partial charge < -0.3 is 10.4 Å². The zero-order chi connectivity index (χ0) is 10.1. The average Bonchev–Trinajstić information content (AvgIpc) is 2.47. The lowest BCUT2D eigenvalue weighted by Gasteiger charge is -2.17. The van der Waals surface area contributed by atoms with E-state index in [0.717, 1.165) is 12.8 Å². The molecular weight excluding hydrogens is 174 g/mol. The molecule has 2 N–H and O–H groups in total. The van der Waals surface area contributed by atoms with Crippen LogP contribution in [0.1, 0.15) is 37.4 Å². The lowest BCUT2D eigenvalue weighted by Crippen LogP contribution is -2.26. The highest BCUT2D eigenvalue weighted by Crippen LogP contribution is 2.33. The van der Waals surface area contributed by atoms with Crippen molar-refractivity contribution in [1.29, 1.82) is 0 Å². The second-order valence-electron chi connectivity index (χ2n) is 4.30. The monoisotopic (exact) mass is 191 g/mol. The van der Waals surface area contributed by atoms with E-state index in [0.29, 0.717) is 17.8 Å². The van der Waals surface area contributed by atoms with Gasteiger partial charge in [-0.05, 0) is 36.1 Å². The van der Waals surface area contributed by atoms with E-state index >= 15 is 0 Å². The number of hydrogen-bond acceptors (Lipinski definition) is 2. The lowest BCUT2D eigenvalue weighted by atomic mass is 10.1. The standard InChI is InChI=1S/C12H17NO/c1-8(2)13-12-6-4-9-3-5-10(14)7-11(9)12/h3,5,7-8,12-14H,4,6H2,1-2H3. The predicted molar refractivity (Wildman–Crippen MR) is 57.4 cm³/mol. The number of nitrogens with one attached hydrogen (secondary N) is 1. The number of hydrogen-bond donors (Lipinski definition) is 2. The summed E-state index contributed by atoms with van der Waals surface area (Å²) in [4.78, 5) is 0. The summed E-state index contributed by atoms with van der Waals surface area (Å²) in [7, 11) is 0. The Bertz CT molecular complexity index is 333. The smallest absolute Gasteiger partial charge is 0.115 e. The average molecular weight is 191 g/mol. The van der Waals surface area contributed by atoms with E-state index in [2.05, 4.69) is 19.2 Å². The molecule has 0 aliphatic heterocycles. The Balaban J connectivity index is 2.24. The summed E-state index contributed by atoms with van der Waals surface area (Å²) < 4.78 is 0. The molecular formula is C12H17NO. The fourth-order valence-electron chi connectivity index (χ4n) is 2.17. The maximum absolute atomic E-state index is 9.42. The molecule has 1 unspecified atom stereocenters. The van der Waals surface area contributed by atoms with Gasteiger partial charge in [0.1, 0.15) is 5.75 Å². The summed E-state index contributed by atoms with van der Waals surface area (Å²) in [5.41, 5.74) is 2.65. The van der Waals surface area contributed by atoms with Gasteiger partial charge in [-0.15, -0.1) is 0 Å². The molecule has 0 spiro atoms. The summed E-state index contributed by atoms with van der Waals surface area (Å²) in [6.45, 7) is 4.31. The van der Waals surface area contributed by atoms with Crippen LogP contribution in [0.2, 0.25) is 0 Å². The first kappa shape index (κ1) is 9.53. The molecule has 0 saturated carbocycles. The quantitative estimate of drug-likeness (QED) is 0.752. The molecule has 0 fully saturated rings. The summed E-state index contributed by atoms with van der Waals surface area (Å²) in [6, 6.07) is 6.62. The maximum Gasteiger partial charge on any atom is 0.115 e. The first-order valence-electron chi connectivity index (χ1n) is 5.24. The number of aromatic hydroxyl groups is 1. The van der Waals surface area contributed by atoms with Crippen molar-refractivity contribution in [3.8, 4) is 5.75 Å². The number of benzene rings is 1. The molecule has 1 aromatic carbocycles. The van der Waals surface area contributed by atoms with Gasteiger partial charge in [-0.25, -0.2) is 0 Å². The van der Waals surface area contributed by atoms with Crippen LogP contribution < -0.4 is 5.32 Å². The van der Waals surface area contributed by atoms with Crippen molar-refractivity contribution in [3.63, 3.8) is 0 Å². The largest absolute Gasteiger partial charge is 0.508 e. The molecule has 0 heterocycles. The van der Waals surface area contributed by atoms with Gasteiger partial charge in [-0.1, -0.05) is 19.9 Å². The van der Waals surface area contributed by atoms with E-state index in [1.54, 1.807) is 6.07 Å². The van der Waals surface area contributed by atoms with Gasteiger partial charge in [0.05, 0.1) is 0 Å². The van der Waals surface area contributed by atoms with Crippen molar-refractivity contribution in [3.05, 3.63) is 29.3 Å². The van der Waals surface area contributed by atoms with Crippen LogP contribution in [0, 0.1) is 0 Å². The predicted octanol–water partition coefficient (Wildman–Crippen LogP) is 2.38. The van der Waals surface area contributed by atoms with Gasteiger partial charge in [-0.2, -0.15) is 0 Å². The summed E-state index contributed by atoms with van der Waals surface area (Å²) in [6.07, 6.45) is 2.27. The molecule has 1 aliphatic carbocycles. The summed E-state index contributed by atoms with van der Waals surface area (Å²) in [5, 5.41) is 12.9. The molecule has 2 heteroatoms. The summed E-state index contributed by atoms with van der Waals surface area (Å²) >= 11 is 0. The van der Waals surface area contributed by atoms with Crippen molar-refractivity contribution in [1.82, 2.24) is 5.32 Å². The number of aryl methyl sites for hydroxylation is 1. The number of phenolic OH excluding ortho intramolecular Hbond substituents is 1. The normalized spacial score (nSPS) is 20.1. The van der Waals surface area contributed by atoms with Crippen molar-refractivity contribution in [2.45, 2.75) is 38.8 Å². The van der Waals surface area contributed by atoms with E-state index in [-0.39, 0.29) is 0 Å². The van der Waals surface area contributed by atoms with E-state index in [1.165, 1.54) is 11.1 Å². The first-order chi connectivity index (χ1) is 6.66. The minimum absolute atomic E-state index is 0.376. The SMILES string of the molecule is CC(C)NC1CCc2ccc(O)cc21. The highest BCUT2D eigenvalue weighted by molar-refractivity contribution is 5.40. The Morgan fingerprint density at radius 1 is 1.43 bits per heavy atom. The molecule has 0 saturated heterocycles. The number of phenols is 1. The molecule has 2 rings (SSSR count). The fourth-order valence-corrected chi connectivity index (χ4v) is 2.17. The van der Waals surface area contributed by atoms with E-state index < -0.39 is 0 Å². The maximum atomic E-state index is 9.42. The van der Waals surface area contributed by atoms with Crippen LogP contribution in [0.5, 0.6) is 5.75 Å². The molecule has 0 aromatic heterocycles. The Hall–Kier alpha value is -1.02. The van der Waals surface area contributed by atoms with Gasteiger partial charge >= 0.3 is 0 Å². The Kier molecular flexibility index (Phi) is 2.46. The van der Waals surface area contributed by atoms with E-state index in [9.17, 15) is 5.11 Å². The molecule has 0 amide bonds. The molecule has 1 aromatic rings. The lowest BCUT2D eigenvalue weighted by molar-refractivity contribution is 0.462. The summed E-state index contributed by atoms with van der Waals surface area (Å²) in [5.74, 6) is 0.376. The van der Waals surface area contributed by atoms with Gasteiger partial charge in [0.2, 0.25) is 0 Å². The molecule has 0 bridgehead atoms. The van der Waals surface area contributed by atoms with Gasteiger partial charge in [0.25, 0.3) is 0 Å². The topological polar surface area (TPSA) is 32.3 Å². The van der Waals surface area contributed by atoms with Crippen LogP contribution in [-0.4, -0.2) is 11.1 Å². The molecule has 1 atom stereocenters. The van der Waals surface area contributed by atoms with E-state index in [4.69, 9.17) is 0 Å². The molecule has 0 radical (unpaired) electrons. The molecule has 1 aliphatic rings. The van der Waals surface area contributed by atoms with Crippen LogP contribution in [0.25, 0.3) is 0 Å². The Labute approximate surface area is 85.0 Å².